The van der Waals surface area contributed by atoms with Gasteiger partial charge in [-0.15, -0.1) is 0 Å². The number of pyridine rings is 1. The average Bonchev–Trinajstić information content (AvgIpc) is 3.31. The van der Waals surface area contributed by atoms with Crippen molar-refractivity contribution in [3.63, 3.8) is 0 Å². The zero-order chi connectivity index (χ0) is 20.4. The van der Waals surface area contributed by atoms with Crippen LogP contribution in [0.4, 0.5) is 11.8 Å². The number of hydrogen-bond acceptors (Lipinski definition) is 7. The van der Waals surface area contributed by atoms with Crippen LogP contribution in [-0.4, -0.2) is 37.4 Å². The van der Waals surface area contributed by atoms with Crippen LogP contribution in [0.2, 0.25) is 0 Å². The lowest BCUT2D eigenvalue weighted by atomic mass is 10.00. The minimum Gasteiger partial charge on any atom is -0.464 e. The van der Waals surface area contributed by atoms with E-state index in [2.05, 4.69) is 25.7 Å². The van der Waals surface area contributed by atoms with Crippen molar-refractivity contribution in [2.75, 3.05) is 17.2 Å². The Hall–Kier alpha value is -3.46. The summed E-state index contributed by atoms with van der Waals surface area (Å²) in [4.78, 5) is 21.8. The van der Waals surface area contributed by atoms with Crippen LogP contribution in [0.25, 0.3) is 0 Å². The van der Waals surface area contributed by atoms with Crippen LogP contribution in [0.1, 0.15) is 36.7 Å². The second kappa shape index (κ2) is 7.88. The van der Waals surface area contributed by atoms with Crippen molar-refractivity contribution < 1.29 is 14.3 Å². The molecule has 4 heterocycles. The summed E-state index contributed by atoms with van der Waals surface area (Å²) in [6.45, 7) is 3.73. The molecule has 3 aromatic heterocycles. The van der Waals surface area contributed by atoms with Gasteiger partial charge in [0.05, 0.1) is 5.57 Å². The van der Waals surface area contributed by atoms with Crippen molar-refractivity contribution in [2.45, 2.75) is 32.7 Å². The van der Waals surface area contributed by atoms with E-state index in [0.29, 0.717) is 47.5 Å². The zero-order valence-electron chi connectivity index (χ0n) is 16.2. The van der Waals surface area contributed by atoms with Crippen molar-refractivity contribution in [1.29, 1.82) is 0 Å². The molecule has 150 valence electrons. The topological polar surface area (TPSA) is 118 Å². The van der Waals surface area contributed by atoms with Gasteiger partial charge in [-0.25, -0.2) is 9.67 Å². The number of furan rings is 1. The number of nitrogens with one attached hydrogen (secondary N) is 2. The second-order valence-corrected chi connectivity index (χ2v) is 6.81. The van der Waals surface area contributed by atoms with E-state index in [9.17, 15) is 4.79 Å². The van der Waals surface area contributed by atoms with Crippen molar-refractivity contribution >= 4 is 17.7 Å². The highest BCUT2D eigenvalue weighted by molar-refractivity contribution is 6.05. The Balaban J connectivity index is 1.74. The zero-order valence-corrected chi connectivity index (χ0v) is 16.2. The summed E-state index contributed by atoms with van der Waals surface area (Å²) in [6, 6.07) is 8.44. The smallest absolute Gasteiger partial charge is 0.257 e. The predicted molar refractivity (Wildman–Crippen MR) is 106 cm³/mol. The number of aryl methyl sites for hydroxylation is 2. The Morgan fingerprint density at radius 1 is 1.31 bits per heavy atom. The quantitative estimate of drug-likeness (QED) is 0.587. The van der Waals surface area contributed by atoms with E-state index >= 15 is 0 Å². The van der Waals surface area contributed by atoms with Crippen LogP contribution < -0.4 is 10.6 Å². The molecule has 3 aromatic rings. The molecule has 0 spiro atoms. The maximum Gasteiger partial charge on any atom is 0.257 e. The maximum atomic E-state index is 13.2. The van der Waals surface area contributed by atoms with Gasteiger partial charge < -0.3 is 20.2 Å². The Labute approximate surface area is 167 Å². The molecule has 0 saturated carbocycles. The molecule has 0 fully saturated rings. The van der Waals surface area contributed by atoms with Crippen LogP contribution >= 0.6 is 0 Å². The van der Waals surface area contributed by atoms with Crippen molar-refractivity contribution in [1.82, 2.24) is 19.7 Å². The number of aliphatic hydroxyl groups is 1. The number of hydrogen-bond donors (Lipinski definition) is 3. The molecule has 9 nitrogen and oxygen atoms in total. The molecule has 4 rings (SSSR count). The Morgan fingerprint density at radius 3 is 2.86 bits per heavy atom. The largest absolute Gasteiger partial charge is 0.464 e. The average molecular weight is 394 g/mol. The Morgan fingerprint density at radius 2 is 2.17 bits per heavy atom. The van der Waals surface area contributed by atoms with Gasteiger partial charge in [-0.3, -0.25) is 4.79 Å². The van der Waals surface area contributed by atoms with Crippen LogP contribution in [0.15, 0.2) is 52.2 Å². The number of anilines is 2. The van der Waals surface area contributed by atoms with Gasteiger partial charge in [0, 0.05) is 24.9 Å². The number of fused-ring (bicyclic) bond motifs is 1. The summed E-state index contributed by atoms with van der Waals surface area (Å²) < 4.78 is 7.52. The van der Waals surface area contributed by atoms with Gasteiger partial charge in [0.2, 0.25) is 5.95 Å². The van der Waals surface area contributed by atoms with E-state index in [1.54, 1.807) is 29.1 Å². The fourth-order valence-corrected chi connectivity index (χ4v) is 3.32. The molecular weight excluding hydrogens is 372 g/mol. The molecule has 0 bridgehead atoms. The van der Waals surface area contributed by atoms with E-state index in [0.717, 1.165) is 5.76 Å². The van der Waals surface area contributed by atoms with Crippen molar-refractivity contribution in [2.24, 2.45) is 0 Å². The third kappa shape index (κ3) is 3.77. The van der Waals surface area contributed by atoms with Gasteiger partial charge >= 0.3 is 0 Å². The molecule has 1 aliphatic heterocycles. The number of allylic oxidation sites excluding steroid dienone is 1. The molecule has 3 N–H and O–H groups in total. The highest BCUT2D eigenvalue weighted by Crippen LogP contribution is 2.36. The summed E-state index contributed by atoms with van der Waals surface area (Å²) in [5.41, 5.74) is 1.13. The van der Waals surface area contributed by atoms with Crippen molar-refractivity contribution in [3.8, 4) is 0 Å². The summed E-state index contributed by atoms with van der Waals surface area (Å²) in [6.07, 6.45) is 2.72. The highest BCUT2D eigenvalue weighted by atomic mass is 16.3. The normalized spacial score (nSPS) is 15.8. The number of carbonyl (C=O) groups is 1. The molecule has 29 heavy (non-hydrogen) atoms. The van der Waals surface area contributed by atoms with Gasteiger partial charge in [-0.05, 0) is 44.5 Å². The van der Waals surface area contributed by atoms with Gasteiger partial charge in [-0.1, -0.05) is 6.07 Å². The molecule has 0 radical (unpaired) electrons. The number of nitrogens with zero attached hydrogens (tertiary/aromatic N) is 4. The molecule has 1 amide bonds. The number of carbonyl (C=O) groups excluding carboxylic acids is 1. The van der Waals surface area contributed by atoms with E-state index < -0.39 is 6.04 Å². The van der Waals surface area contributed by atoms with Crippen LogP contribution in [0, 0.1) is 6.92 Å². The van der Waals surface area contributed by atoms with Gasteiger partial charge in [0.25, 0.3) is 5.91 Å². The summed E-state index contributed by atoms with van der Waals surface area (Å²) in [7, 11) is 0. The minimum absolute atomic E-state index is 0.0626. The predicted octanol–water partition coefficient (Wildman–Crippen LogP) is 2.43. The summed E-state index contributed by atoms with van der Waals surface area (Å²) >= 11 is 0. The summed E-state index contributed by atoms with van der Waals surface area (Å²) in [5, 5.41) is 19.7. The van der Waals surface area contributed by atoms with E-state index in [1.807, 2.05) is 26.0 Å². The lowest BCUT2D eigenvalue weighted by molar-refractivity contribution is -0.113. The number of aliphatic hydroxyl groups excluding tert-OH is 1. The number of amides is 1. The SMILES string of the molecule is CC1=C(C(=O)Nc2ccccn2)C(c2ccc(C)o2)n2nc(CCCO)nc2N1. The first-order valence-corrected chi connectivity index (χ1v) is 9.39. The molecule has 0 aromatic carbocycles. The minimum atomic E-state index is -0.570. The van der Waals surface area contributed by atoms with E-state index in [-0.39, 0.29) is 12.5 Å². The lowest BCUT2D eigenvalue weighted by Gasteiger charge is -2.27. The Bertz CT molecular complexity index is 1050. The summed E-state index contributed by atoms with van der Waals surface area (Å²) in [5.74, 6) is 2.61. The van der Waals surface area contributed by atoms with Crippen LogP contribution in [0.3, 0.4) is 0 Å². The molecule has 9 heteroatoms. The molecule has 1 aliphatic rings. The maximum absolute atomic E-state index is 13.2. The molecule has 0 saturated heterocycles. The monoisotopic (exact) mass is 394 g/mol. The molecule has 0 aliphatic carbocycles. The van der Waals surface area contributed by atoms with Crippen LogP contribution in [0.5, 0.6) is 0 Å². The molecule has 1 atom stereocenters. The fraction of sp³-hybridized carbons (Fsp3) is 0.300. The van der Waals surface area contributed by atoms with Gasteiger partial charge in [0.15, 0.2) is 5.82 Å². The van der Waals surface area contributed by atoms with E-state index in [4.69, 9.17) is 9.52 Å². The number of rotatable bonds is 6. The second-order valence-electron chi connectivity index (χ2n) is 6.81. The number of aromatic nitrogens is 4. The highest BCUT2D eigenvalue weighted by Gasteiger charge is 2.36. The van der Waals surface area contributed by atoms with Crippen LogP contribution in [-0.2, 0) is 11.2 Å². The van der Waals surface area contributed by atoms with Crippen molar-refractivity contribution in [3.05, 3.63) is 65.1 Å². The van der Waals surface area contributed by atoms with Gasteiger partial charge in [-0.2, -0.15) is 10.1 Å². The van der Waals surface area contributed by atoms with E-state index in [1.165, 1.54) is 0 Å². The standard InChI is InChI=1S/C20H22N6O3/c1-12-8-9-14(29-12)18-17(19(28)23-15-6-3-4-10-21-15)13(2)22-20-24-16(7-5-11-27)25-26(18)20/h3-4,6,8-10,18,27H,5,7,11H2,1-2H3,(H,21,23,28)(H,22,24,25). The lowest BCUT2D eigenvalue weighted by Crippen LogP contribution is -2.31. The van der Waals surface area contributed by atoms with Gasteiger partial charge in [0.1, 0.15) is 23.4 Å². The first-order chi connectivity index (χ1) is 14.1. The first kappa shape index (κ1) is 18.9. The Kier molecular flexibility index (Phi) is 5.13. The third-order valence-corrected chi connectivity index (χ3v) is 4.64. The fourth-order valence-electron chi connectivity index (χ4n) is 3.32. The third-order valence-electron chi connectivity index (χ3n) is 4.64. The molecule has 1 unspecified atom stereocenters. The first-order valence-electron chi connectivity index (χ1n) is 9.39. The molecular formula is C20H22N6O3.